The van der Waals surface area contributed by atoms with Crippen LogP contribution < -0.4 is 5.32 Å². The Bertz CT molecular complexity index is 667. The van der Waals surface area contributed by atoms with Crippen LogP contribution in [0.15, 0.2) is 36.4 Å². The zero-order valence-electron chi connectivity index (χ0n) is 10.4. The number of anilines is 2. The fourth-order valence-corrected chi connectivity index (χ4v) is 2.83. The van der Waals surface area contributed by atoms with Crippen molar-refractivity contribution in [3.8, 4) is 0 Å². The van der Waals surface area contributed by atoms with E-state index >= 15 is 0 Å². The minimum absolute atomic E-state index is 0.307. The van der Waals surface area contributed by atoms with E-state index in [1.807, 2.05) is 12.1 Å². The van der Waals surface area contributed by atoms with Gasteiger partial charge >= 0.3 is 5.97 Å². The highest BCUT2D eigenvalue weighted by molar-refractivity contribution is 14.1. The van der Waals surface area contributed by atoms with Crippen molar-refractivity contribution in [2.75, 3.05) is 12.4 Å². The largest absolute Gasteiger partial charge is 0.465 e. The van der Waals surface area contributed by atoms with E-state index in [4.69, 9.17) is 4.74 Å². The zero-order chi connectivity index (χ0) is 13.4. The van der Waals surface area contributed by atoms with Crippen LogP contribution in [-0.4, -0.2) is 13.1 Å². The van der Waals surface area contributed by atoms with E-state index in [1.165, 1.54) is 16.2 Å². The van der Waals surface area contributed by atoms with Gasteiger partial charge in [-0.2, -0.15) is 0 Å². The maximum Gasteiger partial charge on any atom is 0.339 e. The summed E-state index contributed by atoms with van der Waals surface area (Å²) in [5, 5.41) is 3.36. The molecule has 4 heteroatoms. The van der Waals surface area contributed by atoms with Gasteiger partial charge in [-0.1, -0.05) is 18.2 Å². The van der Waals surface area contributed by atoms with Gasteiger partial charge in [0.1, 0.15) is 0 Å². The van der Waals surface area contributed by atoms with Gasteiger partial charge in [0.2, 0.25) is 0 Å². The minimum Gasteiger partial charge on any atom is -0.465 e. The Morgan fingerprint density at radius 3 is 2.89 bits per heavy atom. The number of carbonyl (C=O) groups is 1. The second-order valence-electron chi connectivity index (χ2n) is 4.43. The highest BCUT2D eigenvalue weighted by Gasteiger charge is 2.21. The number of benzene rings is 2. The summed E-state index contributed by atoms with van der Waals surface area (Å²) in [6, 6.07) is 12.0. The molecular formula is C15H12INO2. The number of halogens is 1. The number of para-hydroxylation sites is 1. The molecule has 2 aromatic rings. The van der Waals surface area contributed by atoms with Crippen molar-refractivity contribution >= 4 is 39.9 Å². The Morgan fingerprint density at radius 1 is 1.26 bits per heavy atom. The van der Waals surface area contributed by atoms with Gasteiger partial charge < -0.3 is 10.1 Å². The second-order valence-corrected chi connectivity index (χ2v) is 5.68. The van der Waals surface area contributed by atoms with Gasteiger partial charge in [-0.15, -0.1) is 0 Å². The fourth-order valence-electron chi connectivity index (χ4n) is 2.33. The molecule has 1 aliphatic heterocycles. The lowest BCUT2D eigenvalue weighted by Gasteiger charge is -2.23. The predicted octanol–water partition coefficient (Wildman–Crippen LogP) is 3.73. The third-order valence-corrected chi connectivity index (χ3v) is 3.94. The number of carbonyl (C=O) groups excluding carboxylic acids is 1. The first-order chi connectivity index (χ1) is 9.19. The van der Waals surface area contributed by atoms with Crippen molar-refractivity contribution in [2.24, 2.45) is 0 Å². The summed E-state index contributed by atoms with van der Waals surface area (Å²) in [4.78, 5) is 11.8. The number of rotatable bonds is 1. The van der Waals surface area contributed by atoms with Gasteiger partial charge in [-0.3, -0.25) is 0 Å². The number of nitrogens with one attached hydrogen (secondary N) is 1. The normalized spacial score (nSPS) is 12.1. The molecule has 0 saturated heterocycles. The topological polar surface area (TPSA) is 38.3 Å². The quantitative estimate of drug-likeness (QED) is 0.528. The predicted molar refractivity (Wildman–Crippen MR) is 83.0 cm³/mol. The molecule has 1 heterocycles. The lowest BCUT2D eigenvalue weighted by Crippen LogP contribution is -2.13. The summed E-state index contributed by atoms with van der Waals surface area (Å²) in [6.07, 6.45) is 0.833. The molecule has 0 spiro atoms. The van der Waals surface area contributed by atoms with Crippen LogP contribution in [0.5, 0.6) is 0 Å². The first-order valence-corrected chi connectivity index (χ1v) is 7.02. The van der Waals surface area contributed by atoms with E-state index in [9.17, 15) is 4.79 Å². The van der Waals surface area contributed by atoms with Crippen molar-refractivity contribution in [1.29, 1.82) is 0 Å². The lowest BCUT2D eigenvalue weighted by molar-refractivity contribution is 0.0602. The Hall–Kier alpha value is -1.56. The molecule has 2 aromatic carbocycles. The van der Waals surface area contributed by atoms with Crippen LogP contribution >= 0.6 is 22.6 Å². The van der Waals surface area contributed by atoms with E-state index in [-0.39, 0.29) is 5.97 Å². The van der Waals surface area contributed by atoms with Gasteiger partial charge in [0.15, 0.2) is 0 Å². The summed E-state index contributed by atoms with van der Waals surface area (Å²) in [5.74, 6) is -0.307. The van der Waals surface area contributed by atoms with Gasteiger partial charge in [-0.05, 0) is 51.9 Å². The monoisotopic (exact) mass is 365 g/mol. The SMILES string of the molecule is COC(=O)c1cccc2c1Nc1cc(I)ccc1C2. The molecule has 0 aromatic heterocycles. The molecule has 19 heavy (non-hydrogen) atoms. The Labute approximate surface area is 125 Å². The fraction of sp³-hybridized carbons (Fsp3) is 0.133. The van der Waals surface area contributed by atoms with Gasteiger partial charge in [0, 0.05) is 15.7 Å². The molecule has 3 nitrogen and oxygen atoms in total. The summed E-state index contributed by atoms with van der Waals surface area (Å²) in [6.45, 7) is 0. The number of hydrogen-bond acceptors (Lipinski definition) is 3. The summed E-state index contributed by atoms with van der Waals surface area (Å²) in [7, 11) is 1.40. The van der Waals surface area contributed by atoms with E-state index in [2.05, 4.69) is 46.1 Å². The molecule has 96 valence electrons. The van der Waals surface area contributed by atoms with E-state index in [0.29, 0.717) is 5.56 Å². The Morgan fingerprint density at radius 2 is 2.11 bits per heavy atom. The van der Waals surface area contributed by atoms with Crippen molar-refractivity contribution in [1.82, 2.24) is 0 Å². The van der Waals surface area contributed by atoms with E-state index in [1.54, 1.807) is 6.07 Å². The van der Waals surface area contributed by atoms with E-state index in [0.717, 1.165) is 23.4 Å². The summed E-state index contributed by atoms with van der Waals surface area (Å²) >= 11 is 2.28. The Kier molecular flexibility index (Phi) is 3.18. The Balaban J connectivity index is 2.10. The molecule has 1 aliphatic rings. The first kappa shape index (κ1) is 12.5. The molecule has 0 saturated carbocycles. The van der Waals surface area contributed by atoms with Crippen molar-refractivity contribution in [3.63, 3.8) is 0 Å². The van der Waals surface area contributed by atoms with Crippen molar-refractivity contribution < 1.29 is 9.53 Å². The number of fused-ring (bicyclic) bond motifs is 2. The van der Waals surface area contributed by atoms with Crippen LogP contribution in [-0.2, 0) is 11.2 Å². The van der Waals surface area contributed by atoms with Crippen LogP contribution in [0.25, 0.3) is 0 Å². The average molecular weight is 365 g/mol. The van der Waals surface area contributed by atoms with Crippen molar-refractivity contribution in [2.45, 2.75) is 6.42 Å². The smallest absolute Gasteiger partial charge is 0.339 e. The highest BCUT2D eigenvalue weighted by Crippen LogP contribution is 2.35. The maximum absolute atomic E-state index is 11.8. The maximum atomic E-state index is 11.8. The molecule has 0 atom stereocenters. The highest BCUT2D eigenvalue weighted by atomic mass is 127. The minimum atomic E-state index is -0.307. The third kappa shape index (κ3) is 2.20. The molecule has 0 bridgehead atoms. The van der Waals surface area contributed by atoms with Crippen LogP contribution in [0.1, 0.15) is 21.5 Å². The van der Waals surface area contributed by atoms with Gasteiger partial charge in [-0.25, -0.2) is 4.79 Å². The van der Waals surface area contributed by atoms with E-state index < -0.39 is 0 Å². The molecule has 0 radical (unpaired) electrons. The molecule has 0 amide bonds. The lowest BCUT2D eigenvalue weighted by atomic mass is 9.95. The van der Waals surface area contributed by atoms with Crippen LogP contribution in [0, 0.1) is 3.57 Å². The molecule has 3 rings (SSSR count). The standard InChI is InChI=1S/C15H12INO2/c1-19-15(18)12-4-2-3-10-7-9-5-6-11(16)8-13(9)17-14(10)12/h2-6,8,17H,7H2,1H3. The third-order valence-electron chi connectivity index (χ3n) is 3.27. The zero-order valence-corrected chi connectivity index (χ0v) is 12.5. The van der Waals surface area contributed by atoms with Gasteiger partial charge in [0.05, 0.1) is 18.4 Å². The summed E-state index contributed by atoms with van der Waals surface area (Å²) in [5.41, 5.74) is 4.88. The number of ether oxygens (including phenoxy) is 1. The number of esters is 1. The van der Waals surface area contributed by atoms with Crippen LogP contribution in [0.3, 0.4) is 0 Å². The molecular weight excluding hydrogens is 353 g/mol. The molecule has 0 fully saturated rings. The van der Waals surface area contributed by atoms with Crippen molar-refractivity contribution in [3.05, 3.63) is 56.7 Å². The van der Waals surface area contributed by atoms with Gasteiger partial charge in [0.25, 0.3) is 0 Å². The molecule has 1 N–H and O–H groups in total. The molecule has 0 unspecified atom stereocenters. The second kappa shape index (κ2) is 4.85. The first-order valence-electron chi connectivity index (χ1n) is 5.94. The number of methoxy groups -OCH3 is 1. The molecule has 0 aliphatic carbocycles. The van der Waals surface area contributed by atoms with Crippen LogP contribution in [0.4, 0.5) is 11.4 Å². The average Bonchev–Trinajstić information content (AvgIpc) is 2.43. The van der Waals surface area contributed by atoms with Crippen LogP contribution in [0.2, 0.25) is 0 Å². The number of hydrogen-bond donors (Lipinski definition) is 1. The summed E-state index contributed by atoms with van der Waals surface area (Å²) < 4.78 is 6.00.